The van der Waals surface area contributed by atoms with Crippen LogP contribution in [0.4, 0.5) is 0 Å². The molecule has 90 valence electrons. The second-order valence-electron chi connectivity index (χ2n) is 3.82. The summed E-state index contributed by atoms with van der Waals surface area (Å²) >= 11 is 0. The average Bonchev–Trinajstić information content (AvgIpc) is 2.34. The van der Waals surface area contributed by atoms with Crippen molar-refractivity contribution in [1.82, 2.24) is 5.32 Å². The Balaban J connectivity index is 2.18. The lowest BCUT2D eigenvalue weighted by Gasteiger charge is -2.16. The van der Waals surface area contributed by atoms with Gasteiger partial charge in [0.2, 0.25) is 0 Å². The van der Waals surface area contributed by atoms with Crippen LogP contribution in [-0.4, -0.2) is 36.9 Å². The van der Waals surface area contributed by atoms with E-state index in [1.54, 1.807) is 0 Å². The predicted octanol–water partition coefficient (Wildman–Crippen LogP) is 0.363. The first-order valence-corrected chi connectivity index (χ1v) is 5.51. The van der Waals surface area contributed by atoms with Gasteiger partial charge in [0.05, 0.1) is 0 Å². The van der Waals surface area contributed by atoms with E-state index in [1.165, 1.54) is 0 Å². The zero-order valence-electron chi connectivity index (χ0n) is 9.60. The fourth-order valence-electron chi connectivity index (χ4n) is 1.19. The van der Waals surface area contributed by atoms with E-state index in [9.17, 15) is 5.11 Å². The smallest absolute Gasteiger partial charge is 0.119 e. The molecule has 4 nitrogen and oxygen atoms in total. The van der Waals surface area contributed by atoms with Crippen molar-refractivity contribution in [2.24, 2.45) is 5.73 Å². The maximum absolute atomic E-state index is 9.63. The van der Waals surface area contributed by atoms with Crippen LogP contribution in [0.15, 0.2) is 30.3 Å². The number of nitrogens with two attached hydrogens (primary N) is 1. The van der Waals surface area contributed by atoms with Crippen LogP contribution in [0.1, 0.15) is 6.92 Å². The highest BCUT2D eigenvalue weighted by Gasteiger charge is 2.06. The fraction of sp³-hybridized carbons (Fsp3) is 0.500. The highest BCUT2D eigenvalue weighted by molar-refractivity contribution is 5.20. The summed E-state index contributed by atoms with van der Waals surface area (Å²) in [5.41, 5.74) is 5.45. The minimum Gasteiger partial charge on any atom is -0.491 e. The molecule has 4 heteroatoms. The minimum atomic E-state index is -0.519. The maximum Gasteiger partial charge on any atom is 0.119 e. The minimum absolute atomic E-state index is 0.214. The molecule has 0 aromatic heterocycles. The fourth-order valence-corrected chi connectivity index (χ4v) is 1.19. The molecule has 0 saturated heterocycles. The second kappa shape index (κ2) is 7.22. The first-order chi connectivity index (χ1) is 7.72. The summed E-state index contributed by atoms with van der Waals surface area (Å²) in [7, 11) is 0. The van der Waals surface area contributed by atoms with Crippen molar-refractivity contribution in [3.05, 3.63) is 30.3 Å². The summed E-state index contributed by atoms with van der Waals surface area (Å²) in [6, 6.07) is 9.66. The van der Waals surface area contributed by atoms with Crippen molar-refractivity contribution in [3.63, 3.8) is 0 Å². The molecule has 0 heterocycles. The van der Waals surface area contributed by atoms with Crippen LogP contribution in [0, 0.1) is 0 Å². The number of benzene rings is 1. The summed E-state index contributed by atoms with van der Waals surface area (Å²) in [6.07, 6.45) is -0.519. The Kier molecular flexibility index (Phi) is 5.85. The van der Waals surface area contributed by atoms with Crippen LogP contribution in [0.2, 0.25) is 0 Å². The van der Waals surface area contributed by atoms with Gasteiger partial charge in [-0.1, -0.05) is 18.2 Å². The van der Waals surface area contributed by atoms with Crippen molar-refractivity contribution >= 4 is 0 Å². The Hall–Kier alpha value is -1.10. The molecule has 0 fully saturated rings. The van der Waals surface area contributed by atoms with Gasteiger partial charge in [0.1, 0.15) is 18.5 Å². The normalized spacial score (nSPS) is 14.4. The van der Waals surface area contributed by atoms with Crippen LogP contribution in [0.3, 0.4) is 0 Å². The molecule has 0 radical (unpaired) electrons. The topological polar surface area (TPSA) is 67.5 Å². The van der Waals surface area contributed by atoms with E-state index in [1.807, 2.05) is 37.3 Å². The molecule has 0 aliphatic heterocycles. The zero-order chi connectivity index (χ0) is 11.8. The Morgan fingerprint density at radius 1 is 1.38 bits per heavy atom. The van der Waals surface area contributed by atoms with Crippen molar-refractivity contribution in [3.8, 4) is 5.75 Å². The zero-order valence-corrected chi connectivity index (χ0v) is 9.60. The lowest BCUT2D eigenvalue weighted by atomic mass is 10.3. The van der Waals surface area contributed by atoms with Crippen molar-refractivity contribution in [2.75, 3.05) is 19.7 Å². The van der Waals surface area contributed by atoms with Gasteiger partial charge in [0, 0.05) is 19.1 Å². The molecule has 4 N–H and O–H groups in total. The number of ether oxygens (including phenoxy) is 1. The van der Waals surface area contributed by atoms with Crippen molar-refractivity contribution < 1.29 is 9.84 Å². The number of para-hydroxylation sites is 1. The van der Waals surface area contributed by atoms with Crippen LogP contribution < -0.4 is 15.8 Å². The number of rotatable bonds is 7. The molecule has 0 spiro atoms. The average molecular weight is 224 g/mol. The molecule has 2 atom stereocenters. The summed E-state index contributed by atoms with van der Waals surface area (Å²) in [5, 5.41) is 12.7. The first-order valence-electron chi connectivity index (χ1n) is 5.51. The number of aliphatic hydroxyl groups is 1. The SMILES string of the molecule is CC(CN)NCC(O)COc1ccccc1. The predicted molar refractivity (Wildman–Crippen MR) is 64.5 cm³/mol. The molecular weight excluding hydrogens is 204 g/mol. The Morgan fingerprint density at radius 3 is 2.69 bits per heavy atom. The van der Waals surface area contributed by atoms with Crippen LogP contribution in [0.25, 0.3) is 0 Å². The second-order valence-corrected chi connectivity index (χ2v) is 3.82. The molecule has 1 aromatic rings. The maximum atomic E-state index is 9.63. The Morgan fingerprint density at radius 2 is 2.06 bits per heavy atom. The van der Waals surface area contributed by atoms with E-state index in [4.69, 9.17) is 10.5 Å². The van der Waals surface area contributed by atoms with Crippen molar-refractivity contribution in [2.45, 2.75) is 19.1 Å². The van der Waals surface area contributed by atoms with Crippen molar-refractivity contribution in [1.29, 1.82) is 0 Å². The van der Waals surface area contributed by atoms with E-state index in [0.717, 1.165) is 5.75 Å². The van der Waals surface area contributed by atoms with Gasteiger partial charge >= 0.3 is 0 Å². The van der Waals surface area contributed by atoms with Gasteiger partial charge < -0.3 is 20.9 Å². The number of aliphatic hydroxyl groups excluding tert-OH is 1. The molecule has 0 bridgehead atoms. The van der Waals surface area contributed by atoms with Gasteiger partial charge in [-0.15, -0.1) is 0 Å². The van der Waals surface area contributed by atoms with Gasteiger partial charge in [-0.25, -0.2) is 0 Å². The summed E-state index contributed by atoms with van der Waals surface area (Å²) in [5.74, 6) is 0.772. The van der Waals surface area contributed by atoms with Gasteiger partial charge in [-0.2, -0.15) is 0 Å². The standard InChI is InChI=1S/C12H20N2O2/c1-10(7-13)14-8-11(15)9-16-12-5-3-2-4-6-12/h2-6,10-11,14-15H,7-9,13H2,1H3. The van der Waals surface area contributed by atoms with Gasteiger partial charge in [0.15, 0.2) is 0 Å². The highest BCUT2D eigenvalue weighted by Crippen LogP contribution is 2.08. The first kappa shape index (κ1) is 13.0. The molecule has 1 aromatic carbocycles. The molecular formula is C12H20N2O2. The lowest BCUT2D eigenvalue weighted by Crippen LogP contribution is -2.40. The summed E-state index contributed by atoms with van der Waals surface area (Å²) in [6.45, 7) is 3.32. The van der Waals surface area contributed by atoms with Crippen LogP contribution in [-0.2, 0) is 0 Å². The highest BCUT2D eigenvalue weighted by atomic mass is 16.5. The number of hydrogen-bond donors (Lipinski definition) is 3. The van der Waals surface area contributed by atoms with E-state index in [2.05, 4.69) is 5.32 Å². The van der Waals surface area contributed by atoms with E-state index in [0.29, 0.717) is 13.1 Å². The largest absolute Gasteiger partial charge is 0.491 e. The molecule has 0 aliphatic carbocycles. The van der Waals surface area contributed by atoms with Gasteiger partial charge in [-0.05, 0) is 19.1 Å². The van der Waals surface area contributed by atoms with E-state index >= 15 is 0 Å². The third-order valence-corrected chi connectivity index (χ3v) is 2.24. The summed E-state index contributed by atoms with van der Waals surface area (Å²) in [4.78, 5) is 0. The molecule has 2 unspecified atom stereocenters. The lowest BCUT2D eigenvalue weighted by molar-refractivity contribution is 0.104. The van der Waals surface area contributed by atoms with Gasteiger partial charge in [-0.3, -0.25) is 0 Å². The van der Waals surface area contributed by atoms with E-state index in [-0.39, 0.29) is 12.6 Å². The number of hydrogen-bond acceptors (Lipinski definition) is 4. The van der Waals surface area contributed by atoms with Crippen LogP contribution in [0.5, 0.6) is 5.75 Å². The molecule has 1 rings (SSSR count). The third-order valence-electron chi connectivity index (χ3n) is 2.24. The molecule has 0 saturated carbocycles. The number of nitrogens with one attached hydrogen (secondary N) is 1. The van der Waals surface area contributed by atoms with E-state index < -0.39 is 6.10 Å². The monoisotopic (exact) mass is 224 g/mol. The third kappa shape index (κ3) is 5.11. The van der Waals surface area contributed by atoms with Gasteiger partial charge in [0.25, 0.3) is 0 Å². The van der Waals surface area contributed by atoms with Crippen LogP contribution >= 0.6 is 0 Å². The molecule has 0 amide bonds. The Labute approximate surface area is 96.4 Å². The molecule has 16 heavy (non-hydrogen) atoms. The quantitative estimate of drug-likeness (QED) is 0.625. The Bertz CT molecular complexity index is 280. The molecule has 0 aliphatic rings. The summed E-state index contributed by atoms with van der Waals surface area (Å²) < 4.78 is 5.41.